The fourth-order valence-corrected chi connectivity index (χ4v) is 2.80. The van der Waals surface area contributed by atoms with E-state index in [1.165, 1.54) is 5.56 Å². The van der Waals surface area contributed by atoms with Crippen LogP contribution in [0.15, 0.2) is 54.6 Å². The molecule has 132 valence electrons. The quantitative estimate of drug-likeness (QED) is 0.878. The molecule has 0 saturated carbocycles. The van der Waals surface area contributed by atoms with Gasteiger partial charge < -0.3 is 14.8 Å². The summed E-state index contributed by atoms with van der Waals surface area (Å²) in [5.74, 6) is 1.46. The minimum atomic E-state index is -0.171. The van der Waals surface area contributed by atoms with E-state index in [0.29, 0.717) is 19.7 Å². The lowest BCUT2D eigenvalue weighted by Crippen LogP contribution is -2.44. The Hall–Kier alpha value is -2.53. The van der Waals surface area contributed by atoms with Gasteiger partial charge in [0.2, 0.25) is 5.91 Å². The topological polar surface area (TPSA) is 50.8 Å². The van der Waals surface area contributed by atoms with Crippen LogP contribution in [-0.2, 0) is 4.79 Å². The second kappa shape index (κ2) is 8.03. The third kappa shape index (κ3) is 4.51. The zero-order valence-corrected chi connectivity index (χ0v) is 14.6. The molecular formula is C20H24N2O3. The lowest BCUT2D eigenvalue weighted by atomic mass is 10.1. The molecule has 0 aromatic heterocycles. The molecule has 1 N–H and O–H groups in total. The smallest absolute Gasteiger partial charge is 0.234 e. The number of nitrogens with zero attached hydrogens (tertiary/aromatic N) is 1. The molecule has 5 heteroatoms. The Morgan fingerprint density at radius 3 is 2.60 bits per heavy atom. The number of nitrogens with one attached hydrogen (secondary N) is 1. The Morgan fingerprint density at radius 2 is 1.84 bits per heavy atom. The minimum absolute atomic E-state index is 0.0206. The monoisotopic (exact) mass is 340 g/mol. The molecule has 0 spiro atoms. The Balaban J connectivity index is 1.45. The highest BCUT2D eigenvalue weighted by molar-refractivity contribution is 5.78. The van der Waals surface area contributed by atoms with Crippen molar-refractivity contribution in [3.63, 3.8) is 0 Å². The molecule has 0 unspecified atom stereocenters. The number of amides is 1. The van der Waals surface area contributed by atoms with Crippen LogP contribution in [0, 0.1) is 0 Å². The van der Waals surface area contributed by atoms with E-state index in [1.54, 1.807) is 0 Å². The van der Waals surface area contributed by atoms with Gasteiger partial charge in [0.1, 0.15) is 12.7 Å². The predicted octanol–water partition coefficient (Wildman–Crippen LogP) is 2.64. The van der Waals surface area contributed by atoms with E-state index in [2.05, 4.69) is 24.4 Å². The van der Waals surface area contributed by atoms with Crippen LogP contribution in [0.25, 0.3) is 0 Å². The van der Waals surface area contributed by atoms with Gasteiger partial charge in [-0.25, -0.2) is 0 Å². The zero-order chi connectivity index (χ0) is 17.6. The molecular weight excluding hydrogens is 316 g/mol. The van der Waals surface area contributed by atoms with Crippen LogP contribution in [0.5, 0.6) is 11.5 Å². The molecule has 5 nitrogen and oxygen atoms in total. The number of likely N-dealkylation sites (N-methyl/N-ethyl adjacent to an activating group) is 1. The summed E-state index contributed by atoms with van der Waals surface area (Å²) < 4.78 is 11.5. The van der Waals surface area contributed by atoms with Gasteiger partial charge in [0, 0.05) is 6.04 Å². The van der Waals surface area contributed by atoms with Crippen molar-refractivity contribution < 1.29 is 14.3 Å². The molecule has 2 aromatic rings. The Bertz CT molecular complexity index is 705. The van der Waals surface area contributed by atoms with Gasteiger partial charge in [0.15, 0.2) is 11.5 Å². The van der Waals surface area contributed by atoms with Crippen LogP contribution in [0.1, 0.15) is 18.5 Å². The molecule has 0 radical (unpaired) electrons. The summed E-state index contributed by atoms with van der Waals surface area (Å²) in [4.78, 5) is 14.3. The predicted molar refractivity (Wildman–Crippen MR) is 96.8 cm³/mol. The molecule has 0 aliphatic carbocycles. The first kappa shape index (κ1) is 17.3. The molecule has 0 fully saturated rings. The number of hydrogen-bond acceptors (Lipinski definition) is 4. The van der Waals surface area contributed by atoms with Gasteiger partial charge in [-0.15, -0.1) is 0 Å². The number of hydrogen-bond donors (Lipinski definition) is 1. The second-order valence-corrected chi connectivity index (χ2v) is 6.30. The Kier molecular flexibility index (Phi) is 5.56. The maximum atomic E-state index is 12.2. The van der Waals surface area contributed by atoms with Gasteiger partial charge in [-0.1, -0.05) is 42.5 Å². The average molecular weight is 340 g/mol. The number of carbonyl (C=O) groups excluding carboxylic acids is 1. The first-order valence-electron chi connectivity index (χ1n) is 8.54. The van der Waals surface area contributed by atoms with E-state index in [0.717, 1.165) is 11.5 Å². The number of rotatable bonds is 6. The van der Waals surface area contributed by atoms with Crippen molar-refractivity contribution in [3.8, 4) is 11.5 Å². The summed E-state index contributed by atoms with van der Waals surface area (Å²) in [5.41, 5.74) is 1.19. The molecule has 25 heavy (non-hydrogen) atoms. The third-order valence-electron chi connectivity index (χ3n) is 4.43. The summed E-state index contributed by atoms with van der Waals surface area (Å²) >= 11 is 0. The van der Waals surface area contributed by atoms with E-state index in [1.807, 2.05) is 54.4 Å². The molecule has 2 aromatic carbocycles. The molecule has 2 atom stereocenters. The van der Waals surface area contributed by atoms with E-state index in [9.17, 15) is 4.79 Å². The lowest BCUT2D eigenvalue weighted by molar-refractivity contribution is -0.122. The van der Waals surface area contributed by atoms with Crippen molar-refractivity contribution in [2.24, 2.45) is 0 Å². The number of para-hydroxylation sites is 2. The first-order valence-corrected chi connectivity index (χ1v) is 8.54. The number of benzene rings is 2. The molecule has 1 aliphatic heterocycles. The largest absolute Gasteiger partial charge is 0.486 e. The van der Waals surface area contributed by atoms with Crippen LogP contribution in [0.4, 0.5) is 0 Å². The molecule has 3 rings (SSSR count). The third-order valence-corrected chi connectivity index (χ3v) is 4.43. The van der Waals surface area contributed by atoms with Crippen LogP contribution >= 0.6 is 0 Å². The first-order chi connectivity index (χ1) is 12.1. The van der Waals surface area contributed by atoms with Crippen molar-refractivity contribution in [2.45, 2.75) is 19.1 Å². The highest BCUT2D eigenvalue weighted by Gasteiger charge is 2.21. The molecule has 0 saturated heterocycles. The molecule has 0 bridgehead atoms. The van der Waals surface area contributed by atoms with Crippen molar-refractivity contribution in [1.29, 1.82) is 0 Å². The fourth-order valence-electron chi connectivity index (χ4n) is 2.80. The standard InChI is InChI=1S/C20H24N2O3/c1-15(16-8-4-3-5-9-16)22(2)13-20(23)21-12-17-14-24-18-10-6-7-11-19(18)25-17/h3-11,15,17H,12-14H2,1-2H3,(H,21,23)/t15-,17-/m0/s1. The maximum Gasteiger partial charge on any atom is 0.234 e. The van der Waals surface area contributed by atoms with E-state index in [4.69, 9.17) is 9.47 Å². The second-order valence-electron chi connectivity index (χ2n) is 6.30. The Labute approximate surface area is 148 Å². The Morgan fingerprint density at radius 1 is 1.16 bits per heavy atom. The van der Waals surface area contributed by atoms with Crippen LogP contribution in [0.2, 0.25) is 0 Å². The van der Waals surface area contributed by atoms with E-state index < -0.39 is 0 Å². The summed E-state index contributed by atoms with van der Waals surface area (Å²) in [5, 5.41) is 2.93. The highest BCUT2D eigenvalue weighted by Crippen LogP contribution is 2.30. The van der Waals surface area contributed by atoms with Gasteiger partial charge >= 0.3 is 0 Å². The van der Waals surface area contributed by atoms with Gasteiger partial charge in [-0.3, -0.25) is 9.69 Å². The average Bonchev–Trinajstić information content (AvgIpc) is 2.66. The van der Waals surface area contributed by atoms with Gasteiger partial charge in [-0.2, -0.15) is 0 Å². The van der Waals surface area contributed by atoms with Gasteiger partial charge in [0.25, 0.3) is 0 Å². The van der Waals surface area contributed by atoms with Crippen molar-refractivity contribution in [2.75, 3.05) is 26.7 Å². The molecule has 1 heterocycles. The number of ether oxygens (including phenoxy) is 2. The van der Waals surface area contributed by atoms with Crippen molar-refractivity contribution in [1.82, 2.24) is 10.2 Å². The fraction of sp³-hybridized carbons (Fsp3) is 0.350. The van der Waals surface area contributed by atoms with Crippen molar-refractivity contribution >= 4 is 5.91 Å². The minimum Gasteiger partial charge on any atom is -0.486 e. The van der Waals surface area contributed by atoms with Crippen LogP contribution < -0.4 is 14.8 Å². The van der Waals surface area contributed by atoms with Gasteiger partial charge in [-0.05, 0) is 31.7 Å². The van der Waals surface area contributed by atoms with Gasteiger partial charge in [0.05, 0.1) is 13.1 Å². The van der Waals surface area contributed by atoms with E-state index in [-0.39, 0.29) is 18.1 Å². The molecule has 1 amide bonds. The normalized spacial score (nSPS) is 17.2. The SMILES string of the molecule is C[C@@H](c1ccccc1)N(C)CC(=O)NC[C@H]1COc2ccccc2O1. The van der Waals surface area contributed by atoms with Crippen LogP contribution in [0.3, 0.4) is 0 Å². The summed E-state index contributed by atoms with van der Waals surface area (Å²) in [6, 6.07) is 17.9. The summed E-state index contributed by atoms with van der Waals surface area (Å²) in [6.45, 7) is 3.30. The highest BCUT2D eigenvalue weighted by atomic mass is 16.6. The lowest BCUT2D eigenvalue weighted by Gasteiger charge is -2.27. The summed E-state index contributed by atoms with van der Waals surface area (Å²) in [6.07, 6.45) is -0.171. The number of carbonyl (C=O) groups is 1. The molecule has 1 aliphatic rings. The summed E-state index contributed by atoms with van der Waals surface area (Å²) in [7, 11) is 1.95. The van der Waals surface area contributed by atoms with E-state index >= 15 is 0 Å². The van der Waals surface area contributed by atoms with Crippen molar-refractivity contribution in [3.05, 3.63) is 60.2 Å². The number of fused-ring (bicyclic) bond motifs is 1. The van der Waals surface area contributed by atoms with Crippen LogP contribution in [-0.4, -0.2) is 43.7 Å². The maximum absolute atomic E-state index is 12.2. The zero-order valence-electron chi connectivity index (χ0n) is 14.6.